The first-order chi connectivity index (χ1) is 11.7. The Labute approximate surface area is 144 Å². The summed E-state index contributed by atoms with van der Waals surface area (Å²) in [5.74, 6) is 0.915. The molecule has 2 aromatic rings. The summed E-state index contributed by atoms with van der Waals surface area (Å²) in [7, 11) is 1.71. The van der Waals surface area contributed by atoms with E-state index in [0.717, 1.165) is 44.0 Å². The molecule has 0 N–H and O–H groups in total. The maximum Gasteiger partial charge on any atom is 0.119 e. The number of benzene rings is 1. The zero-order valence-electron chi connectivity index (χ0n) is 14.9. The van der Waals surface area contributed by atoms with Gasteiger partial charge in [-0.2, -0.15) is 0 Å². The third kappa shape index (κ3) is 4.16. The van der Waals surface area contributed by atoms with Crippen LogP contribution in [0.5, 0.6) is 5.75 Å². The van der Waals surface area contributed by atoms with E-state index in [9.17, 15) is 0 Å². The topological polar surface area (TPSA) is 39.5 Å². The summed E-state index contributed by atoms with van der Waals surface area (Å²) >= 11 is 0. The van der Waals surface area contributed by atoms with Crippen molar-refractivity contribution >= 4 is 0 Å². The number of aryl methyl sites for hydroxylation is 1. The maximum absolute atomic E-state index is 5.77. The molecule has 0 unspecified atom stereocenters. The highest BCUT2D eigenvalue weighted by Crippen LogP contribution is 2.20. The van der Waals surface area contributed by atoms with Gasteiger partial charge in [-0.15, -0.1) is 0 Å². The van der Waals surface area contributed by atoms with Crippen LogP contribution in [0.3, 0.4) is 0 Å². The molecular weight excluding hydrogens is 302 g/mol. The third-order valence-corrected chi connectivity index (χ3v) is 4.37. The van der Waals surface area contributed by atoms with E-state index in [4.69, 9.17) is 9.47 Å². The zero-order valence-corrected chi connectivity index (χ0v) is 14.9. The SMILES string of the molecule is COc1cccc(CN2CCCn3cnc(COC(C)C)c3C2)c1. The summed E-state index contributed by atoms with van der Waals surface area (Å²) in [5.41, 5.74) is 3.64. The number of rotatable bonds is 6. The van der Waals surface area contributed by atoms with Gasteiger partial charge in [-0.3, -0.25) is 4.90 Å². The molecule has 5 heteroatoms. The molecule has 0 radical (unpaired) electrons. The monoisotopic (exact) mass is 329 g/mol. The Hall–Kier alpha value is -1.85. The van der Waals surface area contributed by atoms with Gasteiger partial charge in [0, 0.05) is 26.2 Å². The standard InChI is InChI=1S/C19H27N3O2/c1-15(2)24-13-18-19-12-21(8-5-9-22(19)14-20-18)11-16-6-4-7-17(10-16)23-3/h4,6-7,10,14-15H,5,8-9,11-13H2,1-3H3. The molecular formula is C19H27N3O2. The van der Waals surface area contributed by atoms with Crippen molar-refractivity contribution in [1.82, 2.24) is 14.5 Å². The lowest BCUT2D eigenvalue weighted by Gasteiger charge is -2.20. The smallest absolute Gasteiger partial charge is 0.119 e. The molecule has 0 fully saturated rings. The van der Waals surface area contributed by atoms with E-state index in [1.807, 2.05) is 12.4 Å². The largest absolute Gasteiger partial charge is 0.497 e. The van der Waals surface area contributed by atoms with E-state index in [2.05, 4.69) is 46.5 Å². The second-order valence-electron chi connectivity index (χ2n) is 6.61. The van der Waals surface area contributed by atoms with Gasteiger partial charge in [-0.05, 0) is 38.0 Å². The van der Waals surface area contributed by atoms with E-state index in [1.165, 1.54) is 11.3 Å². The van der Waals surface area contributed by atoms with Gasteiger partial charge in [0.25, 0.3) is 0 Å². The van der Waals surface area contributed by atoms with Crippen molar-refractivity contribution in [2.75, 3.05) is 13.7 Å². The summed E-state index contributed by atoms with van der Waals surface area (Å²) in [5, 5.41) is 0. The molecule has 0 saturated heterocycles. The molecule has 1 aromatic carbocycles. The van der Waals surface area contributed by atoms with Gasteiger partial charge in [0.2, 0.25) is 0 Å². The lowest BCUT2D eigenvalue weighted by atomic mass is 10.2. The van der Waals surface area contributed by atoms with Crippen LogP contribution in [-0.4, -0.2) is 34.2 Å². The lowest BCUT2D eigenvalue weighted by Crippen LogP contribution is -2.23. The highest BCUT2D eigenvalue weighted by molar-refractivity contribution is 5.28. The second kappa shape index (κ2) is 7.81. The van der Waals surface area contributed by atoms with Crippen LogP contribution in [0.1, 0.15) is 37.2 Å². The van der Waals surface area contributed by atoms with Crippen molar-refractivity contribution in [1.29, 1.82) is 0 Å². The van der Waals surface area contributed by atoms with E-state index in [1.54, 1.807) is 7.11 Å². The number of ether oxygens (including phenoxy) is 2. The predicted molar refractivity (Wildman–Crippen MR) is 93.9 cm³/mol. The average molecular weight is 329 g/mol. The van der Waals surface area contributed by atoms with Crippen LogP contribution in [0.2, 0.25) is 0 Å². The minimum Gasteiger partial charge on any atom is -0.497 e. The third-order valence-electron chi connectivity index (χ3n) is 4.37. The number of hydrogen-bond donors (Lipinski definition) is 0. The first-order valence-corrected chi connectivity index (χ1v) is 8.65. The van der Waals surface area contributed by atoms with Crippen molar-refractivity contribution in [3.05, 3.63) is 47.5 Å². The van der Waals surface area contributed by atoms with Crippen molar-refractivity contribution in [3.63, 3.8) is 0 Å². The van der Waals surface area contributed by atoms with Gasteiger partial charge in [-0.25, -0.2) is 4.98 Å². The fourth-order valence-corrected chi connectivity index (χ4v) is 3.11. The Bertz CT molecular complexity index is 666. The molecule has 3 rings (SSSR count). The molecule has 1 aromatic heterocycles. The first-order valence-electron chi connectivity index (χ1n) is 8.65. The number of nitrogens with zero attached hydrogens (tertiary/aromatic N) is 3. The van der Waals surface area contributed by atoms with E-state index >= 15 is 0 Å². The summed E-state index contributed by atoms with van der Waals surface area (Å²) in [6.45, 7) is 8.66. The van der Waals surface area contributed by atoms with Crippen molar-refractivity contribution in [2.24, 2.45) is 0 Å². The molecule has 2 heterocycles. The molecule has 130 valence electrons. The molecule has 0 bridgehead atoms. The minimum absolute atomic E-state index is 0.223. The normalized spacial score (nSPS) is 15.3. The summed E-state index contributed by atoms with van der Waals surface area (Å²) in [4.78, 5) is 7.05. The van der Waals surface area contributed by atoms with Crippen LogP contribution in [0.4, 0.5) is 0 Å². The van der Waals surface area contributed by atoms with Gasteiger partial charge in [0.05, 0.1) is 37.5 Å². The van der Waals surface area contributed by atoms with Crippen molar-refractivity contribution < 1.29 is 9.47 Å². The summed E-state index contributed by atoms with van der Waals surface area (Å²) < 4.78 is 13.4. The lowest BCUT2D eigenvalue weighted by molar-refractivity contribution is 0.0628. The van der Waals surface area contributed by atoms with Crippen molar-refractivity contribution in [2.45, 2.75) is 52.6 Å². The van der Waals surface area contributed by atoms with E-state index < -0.39 is 0 Å². The van der Waals surface area contributed by atoms with E-state index in [-0.39, 0.29) is 6.10 Å². The fourth-order valence-electron chi connectivity index (χ4n) is 3.11. The maximum atomic E-state index is 5.77. The van der Waals surface area contributed by atoms with Gasteiger partial charge in [0.1, 0.15) is 5.75 Å². The van der Waals surface area contributed by atoms with Gasteiger partial charge >= 0.3 is 0 Å². The van der Waals surface area contributed by atoms with Gasteiger partial charge < -0.3 is 14.0 Å². The minimum atomic E-state index is 0.223. The predicted octanol–water partition coefficient (Wildman–Crippen LogP) is 3.22. The van der Waals surface area contributed by atoms with Crippen LogP contribution in [0.25, 0.3) is 0 Å². The Morgan fingerprint density at radius 2 is 2.12 bits per heavy atom. The van der Waals surface area contributed by atoms with E-state index in [0.29, 0.717) is 6.61 Å². The second-order valence-corrected chi connectivity index (χ2v) is 6.61. The number of aromatic nitrogens is 2. The Morgan fingerprint density at radius 3 is 2.92 bits per heavy atom. The number of imidazole rings is 1. The molecule has 24 heavy (non-hydrogen) atoms. The molecule has 5 nitrogen and oxygen atoms in total. The van der Waals surface area contributed by atoms with Crippen LogP contribution in [0.15, 0.2) is 30.6 Å². The molecule has 0 amide bonds. The summed E-state index contributed by atoms with van der Waals surface area (Å²) in [6, 6.07) is 8.32. The average Bonchev–Trinajstić information content (AvgIpc) is 2.83. The number of hydrogen-bond acceptors (Lipinski definition) is 4. The van der Waals surface area contributed by atoms with Crippen molar-refractivity contribution in [3.8, 4) is 5.75 Å². The molecule has 0 saturated carbocycles. The van der Waals surface area contributed by atoms with Gasteiger partial charge in [0.15, 0.2) is 0 Å². The number of methoxy groups -OCH3 is 1. The quantitative estimate of drug-likeness (QED) is 0.816. The van der Waals surface area contributed by atoms with Crippen LogP contribution < -0.4 is 4.74 Å². The molecule has 0 atom stereocenters. The van der Waals surface area contributed by atoms with Crippen LogP contribution in [0, 0.1) is 0 Å². The van der Waals surface area contributed by atoms with Crippen LogP contribution >= 0.6 is 0 Å². The Balaban J connectivity index is 1.72. The summed E-state index contributed by atoms with van der Waals surface area (Å²) in [6.07, 6.45) is 3.32. The fraction of sp³-hybridized carbons (Fsp3) is 0.526. The molecule has 1 aliphatic heterocycles. The van der Waals surface area contributed by atoms with Gasteiger partial charge in [-0.1, -0.05) is 12.1 Å². The highest BCUT2D eigenvalue weighted by atomic mass is 16.5. The zero-order chi connectivity index (χ0) is 16.9. The van der Waals surface area contributed by atoms with Crippen LogP contribution in [-0.2, 0) is 31.0 Å². The molecule has 0 spiro atoms. The molecule has 1 aliphatic rings. The first kappa shape index (κ1) is 17.0. The Morgan fingerprint density at radius 1 is 1.25 bits per heavy atom. The Kier molecular flexibility index (Phi) is 5.53. The molecule has 0 aliphatic carbocycles. The number of fused-ring (bicyclic) bond motifs is 1. The highest BCUT2D eigenvalue weighted by Gasteiger charge is 2.19.